The highest BCUT2D eigenvalue weighted by molar-refractivity contribution is 6.00. The zero-order valence-electron chi connectivity index (χ0n) is 17.2. The van der Waals surface area contributed by atoms with Crippen molar-refractivity contribution >= 4 is 17.5 Å². The van der Waals surface area contributed by atoms with E-state index in [1.807, 2.05) is 65.6 Å². The van der Waals surface area contributed by atoms with Crippen molar-refractivity contribution in [1.29, 1.82) is 0 Å². The fourth-order valence-electron chi connectivity index (χ4n) is 4.44. The largest absolute Gasteiger partial charge is 0.342 e. The monoisotopic (exact) mass is 416 g/mol. The van der Waals surface area contributed by atoms with E-state index in [4.69, 9.17) is 4.52 Å². The summed E-state index contributed by atoms with van der Waals surface area (Å²) in [5.41, 5.74) is 1.78. The Hall–Kier alpha value is -3.48. The Kier molecular flexibility index (Phi) is 5.24. The van der Waals surface area contributed by atoms with E-state index in [1.165, 1.54) is 0 Å². The van der Waals surface area contributed by atoms with Crippen molar-refractivity contribution in [3.05, 3.63) is 66.6 Å². The molecule has 3 aromatic rings. The molecule has 0 saturated carbocycles. The third-order valence-electron chi connectivity index (χ3n) is 6.17. The molecule has 7 heteroatoms. The summed E-state index contributed by atoms with van der Waals surface area (Å²) in [7, 11) is 0. The Labute approximate surface area is 180 Å². The second-order valence-corrected chi connectivity index (χ2v) is 8.16. The molecule has 2 saturated heterocycles. The van der Waals surface area contributed by atoms with E-state index in [2.05, 4.69) is 10.1 Å². The van der Waals surface area contributed by atoms with Gasteiger partial charge in [-0.2, -0.15) is 4.98 Å². The van der Waals surface area contributed by atoms with Gasteiger partial charge in [0.2, 0.25) is 23.5 Å². The van der Waals surface area contributed by atoms with Crippen LogP contribution in [0.4, 0.5) is 5.69 Å². The normalized spacial score (nSPS) is 19.7. The number of para-hydroxylation sites is 1. The zero-order chi connectivity index (χ0) is 21.2. The molecule has 0 bridgehead atoms. The summed E-state index contributed by atoms with van der Waals surface area (Å²) >= 11 is 0. The van der Waals surface area contributed by atoms with E-state index in [0.717, 1.165) is 24.1 Å². The lowest BCUT2D eigenvalue weighted by molar-refractivity contribution is -0.136. The van der Waals surface area contributed by atoms with Gasteiger partial charge >= 0.3 is 0 Å². The Morgan fingerprint density at radius 2 is 1.65 bits per heavy atom. The van der Waals surface area contributed by atoms with Crippen LogP contribution in [0.5, 0.6) is 0 Å². The van der Waals surface area contributed by atoms with Crippen molar-refractivity contribution in [2.24, 2.45) is 5.92 Å². The summed E-state index contributed by atoms with van der Waals surface area (Å²) in [5, 5.41) is 4.11. The minimum absolute atomic E-state index is 0.0127. The van der Waals surface area contributed by atoms with Crippen molar-refractivity contribution in [2.45, 2.75) is 25.2 Å². The number of benzene rings is 2. The molecule has 3 heterocycles. The molecule has 2 aliphatic heterocycles. The molecule has 0 unspecified atom stereocenters. The van der Waals surface area contributed by atoms with E-state index in [-0.39, 0.29) is 30.1 Å². The molecule has 1 atom stereocenters. The van der Waals surface area contributed by atoms with Crippen LogP contribution in [0.25, 0.3) is 11.4 Å². The molecule has 0 N–H and O–H groups in total. The topological polar surface area (TPSA) is 79.5 Å². The molecule has 2 fully saturated rings. The predicted molar refractivity (Wildman–Crippen MR) is 115 cm³/mol. The van der Waals surface area contributed by atoms with Gasteiger partial charge in [0.1, 0.15) is 0 Å². The van der Waals surface area contributed by atoms with Gasteiger partial charge in [-0.05, 0) is 25.0 Å². The fraction of sp³-hybridized carbons (Fsp3) is 0.333. The van der Waals surface area contributed by atoms with E-state index >= 15 is 0 Å². The van der Waals surface area contributed by atoms with Crippen LogP contribution in [0, 0.1) is 5.92 Å². The fourth-order valence-corrected chi connectivity index (χ4v) is 4.44. The first-order valence-electron chi connectivity index (χ1n) is 10.7. The van der Waals surface area contributed by atoms with Crippen molar-refractivity contribution in [2.75, 3.05) is 24.5 Å². The smallest absolute Gasteiger partial charge is 0.230 e. The second kappa shape index (κ2) is 8.34. The van der Waals surface area contributed by atoms with Crippen LogP contribution in [0.3, 0.4) is 0 Å². The Balaban J connectivity index is 1.19. The number of likely N-dealkylation sites (tertiary alicyclic amines) is 1. The number of rotatable bonds is 4. The minimum atomic E-state index is -0.280. The predicted octanol–water partition coefficient (Wildman–Crippen LogP) is 3.50. The molecule has 5 rings (SSSR count). The zero-order valence-corrected chi connectivity index (χ0v) is 17.2. The van der Waals surface area contributed by atoms with Gasteiger partial charge in [-0.25, -0.2) is 0 Å². The Morgan fingerprint density at radius 3 is 2.35 bits per heavy atom. The molecule has 2 aromatic carbocycles. The van der Waals surface area contributed by atoms with Crippen molar-refractivity contribution in [1.82, 2.24) is 15.0 Å². The third kappa shape index (κ3) is 3.95. The third-order valence-corrected chi connectivity index (χ3v) is 6.17. The standard InChI is InChI=1S/C24H24N4O3/c29-21-15-19(16-28(21)20-9-5-2-6-10-20)24(30)27-13-11-18(12-14-27)23-25-22(26-31-23)17-7-3-1-4-8-17/h1-10,18-19H,11-16H2/t19-/m1/s1. The first-order valence-corrected chi connectivity index (χ1v) is 10.7. The van der Waals surface area contributed by atoms with Crippen LogP contribution in [0.1, 0.15) is 31.1 Å². The Bertz CT molecular complexity index is 1060. The first kappa shape index (κ1) is 19.5. The maximum absolute atomic E-state index is 13.1. The van der Waals surface area contributed by atoms with E-state index in [1.54, 1.807) is 4.90 Å². The highest BCUT2D eigenvalue weighted by atomic mass is 16.5. The van der Waals surface area contributed by atoms with Gasteiger partial charge in [-0.15, -0.1) is 0 Å². The van der Waals surface area contributed by atoms with Crippen molar-refractivity contribution < 1.29 is 14.1 Å². The quantitative estimate of drug-likeness (QED) is 0.650. The lowest BCUT2D eigenvalue weighted by Crippen LogP contribution is -2.42. The molecule has 2 aliphatic rings. The van der Waals surface area contributed by atoms with Gasteiger partial charge in [-0.1, -0.05) is 53.7 Å². The average Bonchev–Trinajstić information content (AvgIpc) is 3.47. The lowest BCUT2D eigenvalue weighted by Gasteiger charge is -2.32. The van der Waals surface area contributed by atoms with Crippen LogP contribution < -0.4 is 4.90 Å². The molecule has 7 nitrogen and oxygen atoms in total. The van der Waals surface area contributed by atoms with E-state index < -0.39 is 0 Å². The summed E-state index contributed by atoms with van der Waals surface area (Å²) < 4.78 is 5.52. The van der Waals surface area contributed by atoms with E-state index in [9.17, 15) is 9.59 Å². The van der Waals surface area contributed by atoms with Crippen molar-refractivity contribution in [3.63, 3.8) is 0 Å². The molecule has 0 aliphatic carbocycles. The van der Waals surface area contributed by atoms with Gasteiger partial charge in [0, 0.05) is 43.2 Å². The van der Waals surface area contributed by atoms with Gasteiger partial charge in [-0.3, -0.25) is 9.59 Å². The number of carbonyl (C=O) groups excluding carboxylic acids is 2. The minimum Gasteiger partial charge on any atom is -0.342 e. The molecule has 0 spiro atoms. The number of nitrogens with zero attached hydrogens (tertiary/aromatic N) is 4. The summed E-state index contributed by atoms with van der Waals surface area (Å²) in [6, 6.07) is 19.3. The number of amides is 2. The summed E-state index contributed by atoms with van der Waals surface area (Å²) in [5.74, 6) is 1.19. The van der Waals surface area contributed by atoms with Gasteiger partial charge in [0.05, 0.1) is 5.92 Å². The number of hydrogen-bond donors (Lipinski definition) is 0. The molecule has 31 heavy (non-hydrogen) atoms. The lowest BCUT2D eigenvalue weighted by atomic mass is 9.95. The number of carbonyl (C=O) groups is 2. The molecule has 158 valence electrons. The maximum atomic E-state index is 13.1. The van der Waals surface area contributed by atoms with Crippen LogP contribution in [-0.4, -0.2) is 46.5 Å². The van der Waals surface area contributed by atoms with Crippen LogP contribution in [-0.2, 0) is 9.59 Å². The number of piperidine rings is 1. The SMILES string of the molecule is O=C([C@@H]1CC(=O)N(c2ccccc2)C1)N1CCC(c2nc(-c3ccccc3)no2)CC1. The maximum Gasteiger partial charge on any atom is 0.230 e. The van der Waals surface area contributed by atoms with Gasteiger partial charge < -0.3 is 14.3 Å². The van der Waals surface area contributed by atoms with Gasteiger partial charge in [0.15, 0.2) is 0 Å². The Morgan fingerprint density at radius 1 is 0.968 bits per heavy atom. The summed E-state index contributed by atoms with van der Waals surface area (Å²) in [6.07, 6.45) is 1.84. The number of anilines is 1. The average molecular weight is 416 g/mol. The number of hydrogen-bond acceptors (Lipinski definition) is 5. The second-order valence-electron chi connectivity index (χ2n) is 8.16. The van der Waals surface area contributed by atoms with Crippen molar-refractivity contribution in [3.8, 4) is 11.4 Å². The highest BCUT2D eigenvalue weighted by Crippen LogP contribution is 2.31. The van der Waals surface area contributed by atoms with Crippen LogP contribution in [0.2, 0.25) is 0 Å². The van der Waals surface area contributed by atoms with Gasteiger partial charge in [0.25, 0.3) is 0 Å². The molecular formula is C24H24N4O3. The molecule has 0 radical (unpaired) electrons. The van der Waals surface area contributed by atoms with Crippen LogP contribution >= 0.6 is 0 Å². The van der Waals surface area contributed by atoms with Crippen LogP contribution in [0.15, 0.2) is 65.2 Å². The summed E-state index contributed by atoms with van der Waals surface area (Å²) in [4.78, 5) is 33.7. The van der Waals surface area contributed by atoms with E-state index in [0.29, 0.717) is 31.3 Å². The first-order chi connectivity index (χ1) is 15.2. The molecule has 1 aromatic heterocycles. The molecule has 2 amide bonds. The number of aromatic nitrogens is 2. The highest BCUT2D eigenvalue weighted by Gasteiger charge is 2.38. The summed E-state index contributed by atoms with van der Waals surface area (Å²) in [6.45, 7) is 1.73. The molecular weight excluding hydrogens is 392 g/mol.